The first-order valence-electron chi connectivity index (χ1n) is 13.6. The number of imidazole rings is 1. The maximum Gasteiger partial charge on any atom is 0.274 e. The minimum Gasteiger partial charge on any atom is -0.381 e. The lowest BCUT2D eigenvalue weighted by molar-refractivity contribution is -0.152. The maximum absolute atomic E-state index is 13.8. The molecule has 2 fully saturated rings. The Balaban J connectivity index is 1.52. The topological polar surface area (TPSA) is 104 Å². The zero-order chi connectivity index (χ0) is 29.0. The van der Waals surface area contributed by atoms with Crippen molar-refractivity contribution in [3.05, 3.63) is 48.0 Å². The molecule has 1 aromatic carbocycles. The van der Waals surface area contributed by atoms with E-state index in [1.807, 2.05) is 33.8 Å². The van der Waals surface area contributed by atoms with Gasteiger partial charge in [0.05, 0.1) is 35.3 Å². The summed E-state index contributed by atoms with van der Waals surface area (Å²) in [6.45, 7) is 13.0. The van der Waals surface area contributed by atoms with Crippen LogP contribution in [0.1, 0.15) is 52.0 Å². The highest BCUT2D eigenvalue weighted by Crippen LogP contribution is 2.31. The molecule has 0 radical (unpaired) electrons. The highest BCUT2D eigenvalue weighted by molar-refractivity contribution is 5.94. The number of carbonyl (C=O) groups excluding carboxylic acids is 2. The first-order valence-corrected chi connectivity index (χ1v) is 13.6. The molecule has 214 valence electrons. The third-order valence-electron chi connectivity index (χ3n) is 7.48. The van der Waals surface area contributed by atoms with Gasteiger partial charge in [-0.1, -0.05) is 0 Å². The molecule has 10 nitrogen and oxygen atoms in total. The monoisotopic (exact) mass is 552 g/mol. The molecule has 2 unspecified atom stereocenters. The normalized spacial score (nSPS) is 21.6. The van der Waals surface area contributed by atoms with Gasteiger partial charge in [0.1, 0.15) is 17.1 Å². The number of aromatic nitrogens is 3. The molecule has 2 amide bonds. The summed E-state index contributed by atoms with van der Waals surface area (Å²) in [5.74, 6) is -0.955. The van der Waals surface area contributed by atoms with Gasteiger partial charge < -0.3 is 24.5 Å². The van der Waals surface area contributed by atoms with Gasteiger partial charge in [-0.3, -0.25) is 9.59 Å². The van der Waals surface area contributed by atoms with Gasteiger partial charge in [-0.05, 0) is 71.9 Å². The van der Waals surface area contributed by atoms with Crippen molar-refractivity contribution in [2.45, 2.75) is 64.9 Å². The summed E-state index contributed by atoms with van der Waals surface area (Å²) in [6, 6.07) is 8.08. The van der Waals surface area contributed by atoms with Crippen LogP contribution in [0.4, 0.5) is 10.1 Å². The molecule has 11 heteroatoms. The number of carbonyl (C=O) groups is 2. The lowest BCUT2D eigenvalue weighted by atomic mass is 9.96. The summed E-state index contributed by atoms with van der Waals surface area (Å²) < 4.78 is 21.2. The highest BCUT2D eigenvalue weighted by Gasteiger charge is 2.42. The number of piperazine rings is 1. The lowest BCUT2D eigenvalue weighted by Gasteiger charge is -2.47. The fraction of sp³-hybridized carbons (Fsp3) is 0.517. The van der Waals surface area contributed by atoms with E-state index in [2.05, 4.69) is 4.90 Å². The second-order valence-electron chi connectivity index (χ2n) is 12.0. The molecule has 0 saturated carbocycles. The summed E-state index contributed by atoms with van der Waals surface area (Å²) in [4.78, 5) is 36.8. The van der Waals surface area contributed by atoms with E-state index in [0.717, 1.165) is 11.3 Å². The standard InChI is InChI=1S/C29H37FN6O4/c1-18-14-34(15-19(2)40-18)24-13-22(20-7-9-21(30)10-8-20)32-36-16-23(31-25(24)36)26(37)35-12-11-33(17-28(35,3)4)27(38)29(5,6)39/h7-10,13,16,18-19,39H,11-12,14-15,17H2,1-6H3. The minimum atomic E-state index is -1.48. The Labute approximate surface area is 233 Å². The molecule has 40 heavy (non-hydrogen) atoms. The van der Waals surface area contributed by atoms with Gasteiger partial charge in [0.2, 0.25) is 0 Å². The summed E-state index contributed by atoms with van der Waals surface area (Å²) >= 11 is 0. The molecule has 2 atom stereocenters. The summed E-state index contributed by atoms with van der Waals surface area (Å²) in [5, 5.41) is 14.9. The maximum atomic E-state index is 13.8. The van der Waals surface area contributed by atoms with Crippen LogP contribution in [-0.4, -0.2) is 97.4 Å². The largest absolute Gasteiger partial charge is 0.381 e. The van der Waals surface area contributed by atoms with Crippen LogP contribution in [0.2, 0.25) is 0 Å². The van der Waals surface area contributed by atoms with E-state index >= 15 is 0 Å². The molecular weight excluding hydrogens is 515 g/mol. The number of morpholine rings is 1. The van der Waals surface area contributed by atoms with Crippen LogP contribution >= 0.6 is 0 Å². The molecule has 3 aromatic rings. The van der Waals surface area contributed by atoms with Crippen LogP contribution in [0, 0.1) is 5.82 Å². The van der Waals surface area contributed by atoms with Crippen LogP contribution in [0.5, 0.6) is 0 Å². The predicted molar refractivity (Wildman–Crippen MR) is 149 cm³/mol. The number of nitrogens with zero attached hydrogens (tertiary/aromatic N) is 6. The number of halogens is 1. The Hall–Kier alpha value is -3.57. The number of ether oxygens (including phenoxy) is 1. The second kappa shape index (κ2) is 10.1. The molecule has 0 bridgehead atoms. The van der Waals surface area contributed by atoms with Crippen LogP contribution in [0.3, 0.4) is 0 Å². The first-order chi connectivity index (χ1) is 18.7. The van der Waals surface area contributed by atoms with Gasteiger partial charge in [0, 0.05) is 38.3 Å². The Kier molecular flexibility index (Phi) is 7.08. The fourth-order valence-corrected chi connectivity index (χ4v) is 5.66. The van der Waals surface area contributed by atoms with Crippen LogP contribution in [-0.2, 0) is 9.53 Å². The van der Waals surface area contributed by atoms with Crippen LogP contribution in [0.15, 0.2) is 36.5 Å². The SMILES string of the molecule is CC1CN(c2cc(-c3ccc(F)cc3)nn3cc(C(=O)N4CCN(C(=O)C(C)(C)O)CC4(C)C)nc23)CC(C)O1. The van der Waals surface area contributed by atoms with E-state index in [4.69, 9.17) is 14.8 Å². The molecule has 2 aliphatic heterocycles. The van der Waals surface area contributed by atoms with E-state index in [1.54, 1.807) is 32.6 Å². The summed E-state index contributed by atoms with van der Waals surface area (Å²) in [7, 11) is 0. The molecule has 5 rings (SSSR count). The van der Waals surface area contributed by atoms with E-state index in [9.17, 15) is 19.1 Å². The smallest absolute Gasteiger partial charge is 0.274 e. The Morgan fingerprint density at radius 3 is 2.35 bits per heavy atom. The third-order valence-corrected chi connectivity index (χ3v) is 7.48. The number of hydrogen-bond donors (Lipinski definition) is 1. The van der Waals surface area contributed by atoms with Crippen molar-refractivity contribution in [1.29, 1.82) is 0 Å². The molecule has 4 heterocycles. The number of anilines is 1. The average molecular weight is 553 g/mol. The minimum absolute atomic E-state index is 0.00556. The van der Waals surface area contributed by atoms with Gasteiger partial charge >= 0.3 is 0 Å². The number of benzene rings is 1. The van der Waals surface area contributed by atoms with Crippen molar-refractivity contribution in [1.82, 2.24) is 24.4 Å². The lowest BCUT2D eigenvalue weighted by Crippen LogP contribution is -2.64. The molecular formula is C29H37FN6O4. The number of hydrogen-bond acceptors (Lipinski definition) is 7. The van der Waals surface area contributed by atoms with Crippen LogP contribution < -0.4 is 4.90 Å². The van der Waals surface area contributed by atoms with Gasteiger partial charge in [0.15, 0.2) is 5.65 Å². The van der Waals surface area contributed by atoms with Gasteiger partial charge in [0.25, 0.3) is 11.8 Å². The van der Waals surface area contributed by atoms with E-state index in [1.165, 1.54) is 26.0 Å². The second-order valence-corrected chi connectivity index (χ2v) is 12.0. The molecule has 2 aromatic heterocycles. The van der Waals surface area contributed by atoms with E-state index in [0.29, 0.717) is 37.5 Å². The van der Waals surface area contributed by atoms with Crippen molar-refractivity contribution in [2.24, 2.45) is 0 Å². The van der Waals surface area contributed by atoms with Crippen LogP contribution in [0.25, 0.3) is 16.9 Å². The van der Waals surface area contributed by atoms with Gasteiger partial charge in [-0.2, -0.15) is 5.10 Å². The van der Waals surface area contributed by atoms with Crippen molar-refractivity contribution >= 4 is 23.1 Å². The quantitative estimate of drug-likeness (QED) is 0.531. The molecule has 0 aliphatic carbocycles. The molecule has 1 N–H and O–H groups in total. The molecule has 0 spiro atoms. The summed E-state index contributed by atoms with van der Waals surface area (Å²) in [5.41, 5.74) is 0.812. The Bertz CT molecular complexity index is 1420. The van der Waals surface area contributed by atoms with Gasteiger partial charge in [-0.15, -0.1) is 0 Å². The van der Waals surface area contributed by atoms with E-state index in [-0.39, 0.29) is 42.1 Å². The van der Waals surface area contributed by atoms with Crippen molar-refractivity contribution in [3.63, 3.8) is 0 Å². The van der Waals surface area contributed by atoms with Crippen molar-refractivity contribution < 1.29 is 23.8 Å². The zero-order valence-corrected chi connectivity index (χ0v) is 23.9. The third kappa shape index (κ3) is 5.40. The van der Waals surface area contributed by atoms with Crippen molar-refractivity contribution in [3.8, 4) is 11.3 Å². The zero-order valence-electron chi connectivity index (χ0n) is 23.9. The summed E-state index contributed by atoms with van der Waals surface area (Å²) in [6.07, 6.45) is 1.64. The number of rotatable bonds is 4. The van der Waals surface area contributed by atoms with E-state index < -0.39 is 11.1 Å². The first kappa shape index (κ1) is 28.0. The van der Waals surface area contributed by atoms with Gasteiger partial charge in [-0.25, -0.2) is 13.9 Å². The van der Waals surface area contributed by atoms with Crippen molar-refractivity contribution in [2.75, 3.05) is 37.6 Å². The average Bonchev–Trinajstić information content (AvgIpc) is 3.30. The number of aliphatic hydroxyl groups is 1. The Morgan fingerprint density at radius 2 is 1.75 bits per heavy atom. The predicted octanol–water partition coefficient (Wildman–Crippen LogP) is 2.98. The highest BCUT2D eigenvalue weighted by atomic mass is 19.1. The fourth-order valence-electron chi connectivity index (χ4n) is 5.66. The number of fused-ring (bicyclic) bond motifs is 1. The number of amides is 2. The molecule has 2 saturated heterocycles. The Morgan fingerprint density at radius 1 is 1.10 bits per heavy atom. The molecule has 2 aliphatic rings.